The van der Waals surface area contributed by atoms with Crippen molar-refractivity contribution >= 4 is 61.9 Å². The fourth-order valence-electron chi connectivity index (χ4n) is 3.46. The van der Waals surface area contributed by atoms with Gasteiger partial charge < -0.3 is 4.74 Å². The Hall–Kier alpha value is -3.27. The third kappa shape index (κ3) is 5.59. The highest BCUT2D eigenvalue weighted by Crippen LogP contribution is 2.36. The molecule has 0 unspecified atom stereocenters. The van der Waals surface area contributed by atoms with Gasteiger partial charge in [-0.15, -0.1) is 0 Å². The summed E-state index contributed by atoms with van der Waals surface area (Å²) in [5, 5.41) is 17.1. The maximum atomic E-state index is 13.2. The molecule has 0 saturated carbocycles. The summed E-state index contributed by atoms with van der Waals surface area (Å²) < 4.78 is 7.60. The van der Waals surface area contributed by atoms with Crippen LogP contribution in [0.1, 0.15) is 36.7 Å². The Kier molecular flexibility index (Phi) is 7.73. The van der Waals surface area contributed by atoms with Crippen LogP contribution in [0.4, 0.5) is 5.69 Å². The number of nitro groups is 1. The molecule has 0 amide bonds. The van der Waals surface area contributed by atoms with Crippen molar-refractivity contribution in [1.82, 2.24) is 9.66 Å². The molecule has 184 valence electrons. The molecule has 0 aliphatic rings. The molecular formula is C25H19BrCl2N4O4. The van der Waals surface area contributed by atoms with Crippen molar-refractivity contribution in [2.24, 2.45) is 5.10 Å². The van der Waals surface area contributed by atoms with Gasteiger partial charge in [-0.25, -0.2) is 4.98 Å². The molecule has 36 heavy (non-hydrogen) atoms. The Labute approximate surface area is 224 Å². The number of benzene rings is 3. The normalized spacial score (nSPS) is 11.5. The lowest BCUT2D eigenvalue weighted by Crippen LogP contribution is -2.23. The fraction of sp³-hybridized carbons (Fsp3) is 0.160. The minimum atomic E-state index is -0.582. The summed E-state index contributed by atoms with van der Waals surface area (Å²) in [6.07, 6.45) is 1.33. The van der Waals surface area contributed by atoms with Gasteiger partial charge in [-0.3, -0.25) is 14.9 Å². The summed E-state index contributed by atoms with van der Waals surface area (Å²) >= 11 is 15.6. The van der Waals surface area contributed by atoms with E-state index < -0.39 is 4.92 Å². The van der Waals surface area contributed by atoms with Gasteiger partial charge in [0.25, 0.3) is 5.56 Å². The van der Waals surface area contributed by atoms with Gasteiger partial charge in [0.15, 0.2) is 0 Å². The van der Waals surface area contributed by atoms with Crippen molar-refractivity contribution < 1.29 is 9.66 Å². The number of fused-ring (bicyclic) bond motifs is 1. The molecule has 8 nitrogen and oxygen atoms in total. The van der Waals surface area contributed by atoms with Crippen LogP contribution in [0.2, 0.25) is 10.0 Å². The summed E-state index contributed by atoms with van der Waals surface area (Å²) in [4.78, 5) is 29.0. The predicted octanol–water partition coefficient (Wildman–Crippen LogP) is 6.96. The predicted molar refractivity (Wildman–Crippen MR) is 145 cm³/mol. The van der Waals surface area contributed by atoms with Crippen LogP contribution in [0.25, 0.3) is 10.9 Å². The molecule has 0 atom stereocenters. The van der Waals surface area contributed by atoms with Crippen LogP contribution in [0, 0.1) is 10.1 Å². The number of hydrogen-bond acceptors (Lipinski definition) is 6. The van der Waals surface area contributed by atoms with Gasteiger partial charge in [0.2, 0.25) is 5.75 Å². The Morgan fingerprint density at radius 2 is 1.89 bits per heavy atom. The van der Waals surface area contributed by atoms with E-state index in [0.29, 0.717) is 27.3 Å². The zero-order valence-corrected chi connectivity index (χ0v) is 22.2. The van der Waals surface area contributed by atoms with Crippen molar-refractivity contribution in [3.05, 3.63) is 107 Å². The van der Waals surface area contributed by atoms with Crippen molar-refractivity contribution in [1.29, 1.82) is 0 Å². The molecule has 0 aliphatic heterocycles. The first-order valence-electron chi connectivity index (χ1n) is 10.8. The second-order valence-corrected chi connectivity index (χ2v) is 9.93. The van der Waals surface area contributed by atoms with E-state index in [1.54, 1.807) is 36.4 Å². The molecule has 4 rings (SSSR count). The second-order valence-electron chi connectivity index (χ2n) is 8.17. The van der Waals surface area contributed by atoms with Crippen LogP contribution in [0.15, 0.2) is 69.0 Å². The first-order chi connectivity index (χ1) is 17.1. The van der Waals surface area contributed by atoms with Crippen LogP contribution in [-0.4, -0.2) is 20.8 Å². The smallest absolute Gasteiger partial charge is 0.313 e. The monoisotopic (exact) mass is 588 g/mol. The number of hydrogen-bond donors (Lipinski definition) is 0. The Balaban J connectivity index is 1.72. The van der Waals surface area contributed by atoms with Gasteiger partial charge in [0.05, 0.1) is 27.1 Å². The Bertz CT molecular complexity index is 1550. The highest BCUT2D eigenvalue weighted by molar-refractivity contribution is 9.10. The largest absolute Gasteiger partial charge is 0.481 e. The fourth-order valence-corrected chi connectivity index (χ4v) is 4.23. The van der Waals surface area contributed by atoms with E-state index in [4.69, 9.17) is 27.9 Å². The summed E-state index contributed by atoms with van der Waals surface area (Å²) in [5.74, 6) is 0.282. The first kappa shape index (κ1) is 25.8. The summed E-state index contributed by atoms with van der Waals surface area (Å²) in [7, 11) is 0. The lowest BCUT2D eigenvalue weighted by Gasteiger charge is -2.12. The number of rotatable bonds is 7. The van der Waals surface area contributed by atoms with E-state index in [-0.39, 0.29) is 34.5 Å². The topological polar surface area (TPSA) is 99.6 Å². The Morgan fingerprint density at radius 3 is 2.56 bits per heavy atom. The molecule has 0 N–H and O–H groups in total. The third-order valence-electron chi connectivity index (χ3n) is 5.21. The van der Waals surface area contributed by atoms with Crippen molar-refractivity contribution in [2.75, 3.05) is 0 Å². The molecule has 3 aromatic carbocycles. The number of nitrogens with zero attached hydrogens (tertiary/aromatic N) is 4. The van der Waals surface area contributed by atoms with Crippen LogP contribution in [0.3, 0.4) is 0 Å². The molecular weight excluding hydrogens is 571 g/mol. The first-order valence-corrected chi connectivity index (χ1v) is 12.3. The van der Waals surface area contributed by atoms with Crippen LogP contribution >= 0.6 is 39.1 Å². The van der Waals surface area contributed by atoms with Gasteiger partial charge in [0.1, 0.15) is 12.4 Å². The second kappa shape index (κ2) is 10.8. The molecule has 0 bridgehead atoms. The number of ether oxygens (including phenoxy) is 1. The van der Waals surface area contributed by atoms with Gasteiger partial charge in [-0.05, 0) is 42.0 Å². The van der Waals surface area contributed by atoms with Crippen LogP contribution < -0.4 is 10.3 Å². The molecule has 0 fully saturated rings. The highest BCUT2D eigenvalue weighted by Gasteiger charge is 2.21. The van der Waals surface area contributed by atoms with Gasteiger partial charge in [0, 0.05) is 27.0 Å². The van der Waals surface area contributed by atoms with Gasteiger partial charge in [-0.2, -0.15) is 9.78 Å². The van der Waals surface area contributed by atoms with E-state index >= 15 is 0 Å². The molecule has 0 aliphatic carbocycles. The minimum absolute atomic E-state index is 0.0385. The van der Waals surface area contributed by atoms with Crippen LogP contribution in [-0.2, 0) is 6.61 Å². The van der Waals surface area contributed by atoms with E-state index in [9.17, 15) is 14.9 Å². The lowest BCUT2D eigenvalue weighted by atomic mass is 10.2. The van der Waals surface area contributed by atoms with E-state index in [2.05, 4.69) is 26.0 Å². The molecule has 0 spiro atoms. The number of aromatic nitrogens is 2. The zero-order chi connectivity index (χ0) is 26.0. The van der Waals surface area contributed by atoms with Crippen LogP contribution in [0.5, 0.6) is 5.75 Å². The van der Waals surface area contributed by atoms with E-state index in [0.717, 1.165) is 10.0 Å². The third-order valence-corrected chi connectivity index (χ3v) is 6.24. The SMILES string of the molecule is CC(C)c1nc2ccc(Br)cc2c(=O)n1N=Cc1cc(Cl)c(OCc2ccc(Cl)cc2)c([N+](=O)[O-])c1. The maximum Gasteiger partial charge on any atom is 0.313 e. The molecule has 0 radical (unpaired) electrons. The quantitative estimate of drug-likeness (QED) is 0.132. The lowest BCUT2D eigenvalue weighted by molar-refractivity contribution is -0.385. The molecule has 4 aromatic rings. The molecule has 1 heterocycles. The molecule has 11 heteroatoms. The van der Waals surface area contributed by atoms with E-state index in [1.807, 2.05) is 19.9 Å². The summed E-state index contributed by atoms with van der Waals surface area (Å²) in [6.45, 7) is 3.86. The van der Waals surface area contributed by atoms with Crippen molar-refractivity contribution in [2.45, 2.75) is 26.4 Å². The van der Waals surface area contributed by atoms with Gasteiger partial charge in [-0.1, -0.05) is 65.1 Å². The summed E-state index contributed by atoms with van der Waals surface area (Å²) in [6, 6.07) is 14.9. The molecule has 0 saturated heterocycles. The van der Waals surface area contributed by atoms with Crippen molar-refractivity contribution in [3.63, 3.8) is 0 Å². The number of nitro benzene ring substituents is 1. The highest BCUT2D eigenvalue weighted by atomic mass is 79.9. The molecule has 1 aromatic heterocycles. The van der Waals surface area contributed by atoms with E-state index in [1.165, 1.54) is 23.0 Å². The standard InChI is InChI=1S/C25H19BrCl2N4O4/c1-14(2)24-30-21-8-5-17(26)11-19(21)25(33)31(24)29-12-16-9-20(28)23(22(10-16)32(34)35)36-13-15-3-6-18(27)7-4-15/h3-12,14H,13H2,1-2H3. The maximum absolute atomic E-state index is 13.2. The summed E-state index contributed by atoms with van der Waals surface area (Å²) in [5.41, 5.74) is 0.965. The Morgan fingerprint density at radius 1 is 1.17 bits per heavy atom. The number of halogens is 3. The zero-order valence-electron chi connectivity index (χ0n) is 19.1. The minimum Gasteiger partial charge on any atom is -0.481 e. The van der Waals surface area contributed by atoms with Gasteiger partial charge >= 0.3 is 5.69 Å². The van der Waals surface area contributed by atoms with Crippen molar-refractivity contribution in [3.8, 4) is 5.75 Å². The average molecular weight is 590 g/mol. The average Bonchev–Trinajstić information content (AvgIpc) is 2.83.